The molecule has 0 bridgehead atoms. The third-order valence-corrected chi connectivity index (χ3v) is 24.7. The van der Waals surface area contributed by atoms with E-state index >= 15 is 0 Å². The van der Waals surface area contributed by atoms with Crippen LogP contribution in [0.15, 0.2) is 72.8 Å². The fraction of sp³-hybridized carbons (Fsp3) is 0.770. The monoisotopic (exact) mass is 1790 g/mol. The van der Waals surface area contributed by atoms with Gasteiger partial charge in [0.1, 0.15) is 24.7 Å². The summed E-state index contributed by atoms with van der Waals surface area (Å²) >= 11 is 0. The standard InChI is InChI=1S/C113H195N3O12/c1-93(2)61-49-37-25-13-19-31-43-55-77-123-105-89-101(90-106(124-78-56-44-32-20-14-26-38-50-62-94(3)4)110(105)127-81-59-47-35-23-17-29-41-53-65-97(9)10)112(117)115-75-83-119-85-87-121-103-71-67-99(68-72-103)109(114)100-69-73-104(74-70-100)122-88-86-120-84-76-116-113(118)102-91-107(125-79-57-45-33-21-15-27-39-51-63-95(5)6)111(128-82-60-48-36-24-18-30-42-54-66-98(11)12)108(92-102)126-80-58-46-34-22-16-28-40-52-64-96(7)8/h67-74,89-98,109H,13-66,75-88,114H2,1-12H3,(H,115,117)(H,116,118). The van der Waals surface area contributed by atoms with E-state index in [1.807, 2.05) is 72.8 Å². The highest BCUT2D eigenvalue weighted by Gasteiger charge is 2.23. The first kappa shape index (κ1) is 114. The summed E-state index contributed by atoms with van der Waals surface area (Å²) in [4.78, 5) is 28.1. The molecule has 0 spiro atoms. The number of hydrogen-bond acceptors (Lipinski definition) is 13. The highest BCUT2D eigenvalue weighted by atomic mass is 16.6. The number of ether oxygens (including phenoxy) is 10. The molecule has 0 aliphatic rings. The van der Waals surface area contributed by atoms with Gasteiger partial charge in [0.05, 0.1) is 72.1 Å². The molecule has 4 rings (SSSR count). The van der Waals surface area contributed by atoms with E-state index < -0.39 is 0 Å². The van der Waals surface area contributed by atoms with Gasteiger partial charge in [-0.2, -0.15) is 0 Å². The van der Waals surface area contributed by atoms with Gasteiger partial charge in [-0.3, -0.25) is 9.59 Å². The third-order valence-electron chi connectivity index (χ3n) is 24.7. The number of benzene rings is 4. The summed E-state index contributed by atoms with van der Waals surface area (Å²) in [7, 11) is 0. The van der Waals surface area contributed by atoms with Gasteiger partial charge < -0.3 is 63.7 Å². The summed E-state index contributed by atoms with van der Waals surface area (Å²) in [5, 5.41) is 6.19. The van der Waals surface area contributed by atoms with Crippen molar-refractivity contribution in [1.82, 2.24) is 10.6 Å². The Hall–Kier alpha value is -5.90. The van der Waals surface area contributed by atoms with Gasteiger partial charge in [-0.05, 0) is 134 Å². The molecule has 4 aromatic carbocycles. The fourth-order valence-corrected chi connectivity index (χ4v) is 16.6. The Morgan fingerprint density at radius 2 is 0.430 bits per heavy atom. The molecule has 0 radical (unpaired) electrons. The van der Waals surface area contributed by atoms with Gasteiger partial charge in [0.15, 0.2) is 23.0 Å². The molecule has 128 heavy (non-hydrogen) atoms. The maximum Gasteiger partial charge on any atom is 0.251 e. The molecule has 0 fully saturated rings. The van der Waals surface area contributed by atoms with Crippen LogP contribution in [0.25, 0.3) is 0 Å². The lowest BCUT2D eigenvalue weighted by atomic mass is 9.99. The number of rotatable bonds is 90. The van der Waals surface area contributed by atoms with Crippen molar-refractivity contribution in [3.8, 4) is 46.0 Å². The average Bonchev–Trinajstić information content (AvgIpc) is 0.818. The lowest BCUT2D eigenvalue weighted by Crippen LogP contribution is -2.28. The van der Waals surface area contributed by atoms with Gasteiger partial charge in [0, 0.05) is 24.2 Å². The van der Waals surface area contributed by atoms with E-state index in [0.29, 0.717) is 149 Å². The zero-order chi connectivity index (χ0) is 92.2. The quantitative estimate of drug-likeness (QED) is 0.0356. The predicted octanol–water partition coefficient (Wildman–Crippen LogP) is 31.7. The molecule has 15 nitrogen and oxygen atoms in total. The van der Waals surface area contributed by atoms with Crippen molar-refractivity contribution >= 4 is 11.8 Å². The summed E-state index contributed by atoms with van der Waals surface area (Å²) in [6.07, 6.45) is 66.9. The zero-order valence-electron chi connectivity index (χ0n) is 84.5. The summed E-state index contributed by atoms with van der Waals surface area (Å²) in [5.41, 5.74) is 9.70. The molecular weight excluding hydrogens is 1590 g/mol. The van der Waals surface area contributed by atoms with Crippen LogP contribution < -0.4 is 54.3 Å². The maximum absolute atomic E-state index is 14.1. The molecule has 4 N–H and O–H groups in total. The molecule has 4 aromatic rings. The van der Waals surface area contributed by atoms with Crippen molar-refractivity contribution in [1.29, 1.82) is 0 Å². The van der Waals surface area contributed by atoms with Crippen LogP contribution in [-0.2, 0) is 9.47 Å². The lowest BCUT2D eigenvalue weighted by Gasteiger charge is -2.19. The minimum atomic E-state index is -0.355. The number of nitrogens with two attached hydrogens (primary N) is 1. The minimum Gasteiger partial charge on any atom is -0.491 e. The molecule has 0 aromatic heterocycles. The van der Waals surface area contributed by atoms with E-state index in [9.17, 15) is 9.59 Å². The number of carbonyl (C=O) groups is 2. The molecular formula is C113H195N3O12. The molecule has 2 amide bonds. The largest absolute Gasteiger partial charge is 0.491 e. The third kappa shape index (κ3) is 61.7. The molecule has 0 saturated heterocycles. The Morgan fingerprint density at radius 1 is 0.234 bits per heavy atom. The molecule has 0 heterocycles. The fourth-order valence-electron chi connectivity index (χ4n) is 16.6. The average molecular weight is 1790 g/mol. The summed E-state index contributed by atoms with van der Waals surface area (Å²) in [6.45, 7) is 33.9. The number of amides is 2. The highest BCUT2D eigenvalue weighted by Crippen LogP contribution is 2.42. The Balaban J connectivity index is 1.27. The van der Waals surface area contributed by atoms with E-state index in [4.69, 9.17) is 53.1 Å². The number of unbranched alkanes of at least 4 members (excludes halogenated alkanes) is 42. The van der Waals surface area contributed by atoms with Gasteiger partial charge in [-0.15, -0.1) is 0 Å². The molecule has 734 valence electrons. The Kier molecular flexibility index (Phi) is 70.2. The maximum atomic E-state index is 14.1. The van der Waals surface area contributed by atoms with Crippen molar-refractivity contribution in [3.05, 3.63) is 95.1 Å². The predicted molar refractivity (Wildman–Crippen MR) is 540 cm³/mol. The lowest BCUT2D eigenvalue weighted by molar-refractivity contribution is 0.0861. The zero-order valence-corrected chi connectivity index (χ0v) is 84.5. The summed E-state index contributed by atoms with van der Waals surface area (Å²) in [5.74, 6) is 9.29. The van der Waals surface area contributed by atoms with Gasteiger partial charge in [0.25, 0.3) is 11.8 Å². The second-order valence-corrected chi connectivity index (χ2v) is 39.8. The van der Waals surface area contributed by atoms with E-state index in [0.717, 1.165) is 124 Å². The Labute approximate surface area is 785 Å². The molecule has 0 unspecified atom stereocenters. The Morgan fingerprint density at radius 3 is 0.641 bits per heavy atom. The van der Waals surface area contributed by atoms with Crippen LogP contribution in [-0.4, -0.2) is 104 Å². The first-order valence-corrected chi connectivity index (χ1v) is 53.5. The first-order valence-electron chi connectivity index (χ1n) is 53.5. The van der Waals surface area contributed by atoms with Crippen LogP contribution in [0.5, 0.6) is 46.0 Å². The van der Waals surface area contributed by atoms with E-state index in [2.05, 4.69) is 93.7 Å². The van der Waals surface area contributed by atoms with E-state index in [1.165, 1.54) is 270 Å². The van der Waals surface area contributed by atoms with E-state index in [-0.39, 0.29) is 17.9 Å². The van der Waals surface area contributed by atoms with Gasteiger partial charge in [-0.1, -0.05) is 416 Å². The van der Waals surface area contributed by atoms with Gasteiger partial charge in [-0.25, -0.2) is 0 Å². The van der Waals surface area contributed by atoms with Gasteiger partial charge in [0.2, 0.25) is 11.5 Å². The highest BCUT2D eigenvalue weighted by molar-refractivity contribution is 5.96. The minimum absolute atomic E-state index is 0.209. The molecule has 0 atom stereocenters. The van der Waals surface area contributed by atoms with Crippen LogP contribution in [0.2, 0.25) is 0 Å². The molecule has 0 aliphatic heterocycles. The first-order chi connectivity index (χ1) is 62.4. The molecule has 0 aliphatic carbocycles. The van der Waals surface area contributed by atoms with Crippen LogP contribution in [0, 0.1) is 35.5 Å². The smallest absolute Gasteiger partial charge is 0.251 e. The van der Waals surface area contributed by atoms with Crippen molar-refractivity contribution in [2.75, 3.05) is 92.4 Å². The SMILES string of the molecule is CC(C)CCCCCCCCCCOc1cc(C(=O)NCCOCCOc2ccc(C(N)c3ccc(OCCOCCNC(=O)c4cc(OCCCCCCCCCCC(C)C)c(OCCCCCCCCCCC(C)C)c(OCCCCCCCCCCC(C)C)c4)cc3)cc2)cc(OCCCCCCCCCCC(C)C)c1OCCCCCCCCCCC(C)C. The second-order valence-electron chi connectivity index (χ2n) is 39.8. The Bertz CT molecular complexity index is 2910. The van der Waals surface area contributed by atoms with Crippen LogP contribution in [0.3, 0.4) is 0 Å². The topological polar surface area (TPSA) is 177 Å². The molecule has 15 heteroatoms. The normalized spacial score (nSPS) is 11.7. The van der Waals surface area contributed by atoms with Crippen molar-refractivity contribution in [2.24, 2.45) is 41.2 Å². The number of nitrogens with one attached hydrogen (secondary N) is 2. The van der Waals surface area contributed by atoms with Crippen LogP contribution in [0.1, 0.15) is 468 Å². The van der Waals surface area contributed by atoms with Crippen molar-refractivity contribution in [3.63, 3.8) is 0 Å². The van der Waals surface area contributed by atoms with E-state index in [1.54, 1.807) is 0 Å². The number of hydrogen-bond donors (Lipinski definition) is 3. The van der Waals surface area contributed by atoms with Crippen LogP contribution in [0.4, 0.5) is 0 Å². The summed E-state index contributed by atoms with van der Waals surface area (Å²) in [6, 6.07) is 22.7. The van der Waals surface area contributed by atoms with Gasteiger partial charge >= 0.3 is 0 Å². The van der Waals surface area contributed by atoms with Crippen LogP contribution >= 0.6 is 0 Å². The molecule has 0 saturated carbocycles. The summed E-state index contributed by atoms with van der Waals surface area (Å²) < 4.78 is 63.9. The van der Waals surface area contributed by atoms with Crippen molar-refractivity contribution < 1.29 is 57.0 Å². The second kappa shape index (κ2) is 78.6. The number of carbonyl (C=O) groups excluding carboxylic acids is 2. The van der Waals surface area contributed by atoms with Crippen molar-refractivity contribution in [2.45, 2.75) is 436 Å².